The molecule has 0 bridgehead atoms. The van der Waals surface area contributed by atoms with E-state index in [1.807, 2.05) is 0 Å². The topological polar surface area (TPSA) is 124 Å². The average Bonchev–Trinajstić information content (AvgIpc) is 2.52. The van der Waals surface area contributed by atoms with E-state index < -0.39 is 30.1 Å². The largest absolute Gasteiger partial charge is 0.508 e. The third-order valence-corrected chi connectivity index (χ3v) is 4.05. The van der Waals surface area contributed by atoms with E-state index >= 15 is 0 Å². The van der Waals surface area contributed by atoms with Crippen LogP contribution in [-0.2, 0) is 16.0 Å². The predicted molar refractivity (Wildman–Crippen MR) is 88.4 cm³/mol. The summed E-state index contributed by atoms with van der Waals surface area (Å²) in [5, 5.41) is 39.4. The number of ketones is 1. The van der Waals surface area contributed by atoms with Crippen molar-refractivity contribution in [3.05, 3.63) is 35.4 Å². The monoisotopic (exact) mass is 350 g/mol. The highest BCUT2D eigenvalue weighted by molar-refractivity contribution is 5.95. The van der Waals surface area contributed by atoms with E-state index in [1.54, 1.807) is 6.92 Å². The van der Waals surface area contributed by atoms with Gasteiger partial charge < -0.3 is 25.2 Å². The number of benzene rings is 1. The Kier molecular flexibility index (Phi) is 6.17. The fourth-order valence-corrected chi connectivity index (χ4v) is 2.72. The molecule has 0 spiro atoms. The zero-order chi connectivity index (χ0) is 18.6. The Labute approximate surface area is 145 Å². The van der Waals surface area contributed by atoms with Gasteiger partial charge in [-0.1, -0.05) is 6.08 Å². The van der Waals surface area contributed by atoms with Gasteiger partial charge in [-0.2, -0.15) is 0 Å². The molecule has 0 radical (unpaired) electrons. The van der Waals surface area contributed by atoms with Crippen LogP contribution in [0.3, 0.4) is 0 Å². The quantitative estimate of drug-likeness (QED) is 0.519. The Balaban J connectivity index is 2.34. The summed E-state index contributed by atoms with van der Waals surface area (Å²) < 4.78 is 5.27. The number of fused-ring (bicyclic) bond motifs is 1. The number of phenols is 2. The molecule has 1 aromatic rings. The Morgan fingerprint density at radius 2 is 1.88 bits per heavy atom. The van der Waals surface area contributed by atoms with Gasteiger partial charge in [0, 0.05) is 12.5 Å². The maximum atomic E-state index is 12.4. The second-order valence-electron chi connectivity index (χ2n) is 6.16. The van der Waals surface area contributed by atoms with Gasteiger partial charge in [0.25, 0.3) is 0 Å². The van der Waals surface area contributed by atoms with E-state index in [4.69, 9.17) is 4.74 Å². The fraction of sp³-hybridized carbons (Fsp3) is 0.444. The number of aromatic hydroxyl groups is 2. The summed E-state index contributed by atoms with van der Waals surface area (Å²) in [6.07, 6.45) is 0.210. The summed E-state index contributed by atoms with van der Waals surface area (Å²) >= 11 is 0. The Morgan fingerprint density at radius 3 is 2.60 bits per heavy atom. The van der Waals surface area contributed by atoms with Crippen molar-refractivity contribution in [3.63, 3.8) is 0 Å². The first-order valence-electron chi connectivity index (χ1n) is 8.12. The molecule has 0 aliphatic carbocycles. The molecule has 25 heavy (non-hydrogen) atoms. The van der Waals surface area contributed by atoms with Gasteiger partial charge in [0.1, 0.15) is 29.3 Å². The number of hydrogen-bond acceptors (Lipinski definition) is 7. The molecule has 0 unspecified atom stereocenters. The van der Waals surface area contributed by atoms with Crippen LogP contribution in [0.15, 0.2) is 24.3 Å². The molecule has 1 aromatic carbocycles. The first kappa shape index (κ1) is 19.0. The summed E-state index contributed by atoms with van der Waals surface area (Å²) in [5.41, 5.74) is 0.340. The molecule has 3 atom stereocenters. The Bertz CT molecular complexity index is 680. The minimum absolute atomic E-state index is 0.0307. The summed E-state index contributed by atoms with van der Waals surface area (Å²) in [6.45, 7) is 1.63. The van der Waals surface area contributed by atoms with Crippen LogP contribution < -0.4 is 0 Å². The zero-order valence-corrected chi connectivity index (χ0v) is 13.9. The van der Waals surface area contributed by atoms with Crippen molar-refractivity contribution in [2.45, 2.75) is 50.9 Å². The van der Waals surface area contributed by atoms with Crippen LogP contribution >= 0.6 is 0 Å². The van der Waals surface area contributed by atoms with E-state index in [2.05, 4.69) is 0 Å². The van der Waals surface area contributed by atoms with Crippen LogP contribution in [0.1, 0.15) is 42.1 Å². The van der Waals surface area contributed by atoms with Crippen molar-refractivity contribution in [1.29, 1.82) is 0 Å². The number of ether oxygens (including phenoxy) is 1. The Morgan fingerprint density at radius 1 is 1.16 bits per heavy atom. The standard InChI is InChI=1S/C18H22O7/c1-10-4-2-6-13(20)17(23)14(21)7-3-5-11-8-12(19)9-15(22)16(11)18(24)25-10/h2,6,8-10,14,17,19,21-23H,3-5,7H2,1H3/b6-2-/t10-,14-,17+/m0/s1. The molecule has 7 heteroatoms. The third-order valence-electron chi connectivity index (χ3n) is 4.05. The molecular weight excluding hydrogens is 328 g/mol. The lowest BCUT2D eigenvalue weighted by Crippen LogP contribution is -2.33. The number of aryl methyl sites for hydroxylation is 1. The number of esters is 1. The number of aliphatic hydroxyl groups is 2. The molecule has 4 N–H and O–H groups in total. The molecule has 0 saturated carbocycles. The van der Waals surface area contributed by atoms with Crippen LogP contribution in [0, 0.1) is 0 Å². The molecule has 136 valence electrons. The van der Waals surface area contributed by atoms with Gasteiger partial charge >= 0.3 is 5.97 Å². The lowest BCUT2D eigenvalue weighted by Gasteiger charge is -2.18. The molecule has 0 amide bonds. The smallest absolute Gasteiger partial charge is 0.342 e. The van der Waals surface area contributed by atoms with Crippen molar-refractivity contribution in [2.24, 2.45) is 0 Å². The number of cyclic esters (lactones) is 1. The van der Waals surface area contributed by atoms with Gasteiger partial charge in [0.2, 0.25) is 0 Å². The zero-order valence-electron chi connectivity index (χ0n) is 13.9. The summed E-state index contributed by atoms with van der Waals surface area (Å²) in [7, 11) is 0. The van der Waals surface area contributed by atoms with E-state index in [-0.39, 0.29) is 36.3 Å². The molecule has 0 aromatic heterocycles. The number of aliphatic hydroxyl groups excluding tert-OH is 2. The number of phenolic OH excluding ortho intramolecular Hbond substituents is 2. The summed E-state index contributed by atoms with van der Waals surface area (Å²) in [5.74, 6) is -1.92. The van der Waals surface area contributed by atoms with Crippen molar-refractivity contribution in [1.82, 2.24) is 0 Å². The van der Waals surface area contributed by atoms with Crippen LogP contribution in [0.4, 0.5) is 0 Å². The molecule has 1 aliphatic heterocycles. The van der Waals surface area contributed by atoms with E-state index in [9.17, 15) is 30.0 Å². The van der Waals surface area contributed by atoms with Gasteiger partial charge in [-0.15, -0.1) is 0 Å². The van der Waals surface area contributed by atoms with E-state index in [1.165, 1.54) is 12.1 Å². The fourth-order valence-electron chi connectivity index (χ4n) is 2.72. The van der Waals surface area contributed by atoms with Gasteiger partial charge in [-0.25, -0.2) is 4.79 Å². The van der Waals surface area contributed by atoms with Crippen LogP contribution in [0.2, 0.25) is 0 Å². The van der Waals surface area contributed by atoms with Crippen molar-refractivity contribution >= 4 is 11.8 Å². The number of hydrogen-bond donors (Lipinski definition) is 4. The van der Waals surface area contributed by atoms with E-state index in [0.29, 0.717) is 12.0 Å². The highest BCUT2D eigenvalue weighted by Gasteiger charge is 2.24. The van der Waals surface area contributed by atoms with Crippen molar-refractivity contribution in [2.75, 3.05) is 0 Å². The average molecular weight is 350 g/mol. The highest BCUT2D eigenvalue weighted by Crippen LogP contribution is 2.30. The van der Waals surface area contributed by atoms with E-state index in [0.717, 1.165) is 12.1 Å². The number of carbonyl (C=O) groups is 2. The van der Waals surface area contributed by atoms with Gasteiger partial charge in [-0.3, -0.25) is 4.79 Å². The van der Waals surface area contributed by atoms with Crippen LogP contribution in [0.5, 0.6) is 11.5 Å². The minimum atomic E-state index is -1.52. The van der Waals surface area contributed by atoms with Gasteiger partial charge in [-0.05, 0) is 43.9 Å². The maximum Gasteiger partial charge on any atom is 0.342 e. The first-order valence-corrected chi connectivity index (χ1v) is 8.12. The number of carbonyl (C=O) groups excluding carboxylic acids is 2. The summed E-state index contributed by atoms with van der Waals surface area (Å²) in [4.78, 5) is 24.1. The van der Waals surface area contributed by atoms with Crippen LogP contribution in [-0.4, -0.2) is 50.5 Å². The molecular formula is C18H22O7. The van der Waals surface area contributed by atoms with Crippen LogP contribution in [0.25, 0.3) is 0 Å². The lowest BCUT2D eigenvalue weighted by atomic mass is 9.97. The van der Waals surface area contributed by atoms with Crippen molar-refractivity contribution in [3.8, 4) is 11.5 Å². The lowest BCUT2D eigenvalue weighted by molar-refractivity contribution is -0.128. The van der Waals surface area contributed by atoms with Gasteiger partial charge in [0.05, 0.1) is 6.10 Å². The minimum Gasteiger partial charge on any atom is -0.508 e. The second kappa shape index (κ2) is 8.13. The molecule has 7 nitrogen and oxygen atoms in total. The second-order valence-corrected chi connectivity index (χ2v) is 6.16. The molecule has 1 aliphatic rings. The van der Waals surface area contributed by atoms with Crippen molar-refractivity contribution < 1.29 is 34.8 Å². The first-order chi connectivity index (χ1) is 11.8. The van der Waals surface area contributed by atoms with Gasteiger partial charge in [0.15, 0.2) is 5.78 Å². The molecule has 2 rings (SSSR count). The normalized spacial score (nSPS) is 27.1. The highest BCUT2D eigenvalue weighted by atomic mass is 16.5. The SMILES string of the molecule is C[C@H]1C/C=C\C(=O)[C@@H](O)[C@@H](O)CCCc2cc(O)cc(O)c2C(=O)O1. The predicted octanol–water partition coefficient (Wildman–Crippen LogP) is 1.22. The Hall–Kier alpha value is -2.38. The third kappa shape index (κ3) is 4.80. The maximum absolute atomic E-state index is 12.4. The molecule has 1 heterocycles. The number of rotatable bonds is 0. The molecule has 0 saturated heterocycles. The molecule has 0 fully saturated rings. The summed E-state index contributed by atoms with van der Waals surface area (Å²) in [6, 6.07) is 2.41.